The Labute approximate surface area is 108 Å². The summed E-state index contributed by atoms with van der Waals surface area (Å²) in [5.74, 6) is 0.799. The van der Waals surface area contributed by atoms with Crippen LogP contribution < -0.4 is 10.1 Å². The summed E-state index contributed by atoms with van der Waals surface area (Å²) < 4.78 is 6.05. The van der Waals surface area contributed by atoms with Crippen molar-refractivity contribution in [1.29, 1.82) is 0 Å². The van der Waals surface area contributed by atoms with Crippen molar-refractivity contribution >= 4 is 11.6 Å². The Morgan fingerprint density at radius 2 is 2.18 bits per heavy atom. The number of hydrogen-bond donors (Lipinski definition) is 1. The first-order chi connectivity index (χ1) is 8.11. The number of hydrogen-bond acceptors (Lipinski definition) is 2. The van der Waals surface area contributed by atoms with Crippen LogP contribution in [0.2, 0.25) is 5.02 Å². The SMILES string of the molecule is CCC1(C)C(NC)CC1Oc1ccccc1Cl. The second kappa shape index (κ2) is 4.87. The molecule has 94 valence electrons. The number of halogens is 1. The average molecular weight is 254 g/mol. The molecular weight excluding hydrogens is 234 g/mol. The molecule has 0 amide bonds. The standard InChI is InChI=1S/C14H20ClNO/c1-4-14(2)12(16-3)9-13(14)17-11-8-6-5-7-10(11)15/h5-8,12-13,16H,4,9H2,1-3H3. The fraction of sp³-hybridized carbons (Fsp3) is 0.571. The van der Waals surface area contributed by atoms with E-state index in [0.717, 1.165) is 18.6 Å². The van der Waals surface area contributed by atoms with Crippen LogP contribution in [0.3, 0.4) is 0 Å². The second-order valence-electron chi connectivity index (χ2n) is 4.97. The molecule has 2 rings (SSSR count). The van der Waals surface area contributed by atoms with Crippen LogP contribution in [0.4, 0.5) is 0 Å². The van der Waals surface area contributed by atoms with Crippen molar-refractivity contribution < 1.29 is 4.74 Å². The molecule has 1 aliphatic carbocycles. The second-order valence-corrected chi connectivity index (χ2v) is 5.38. The number of benzene rings is 1. The molecule has 1 fully saturated rings. The van der Waals surface area contributed by atoms with E-state index in [-0.39, 0.29) is 11.5 Å². The molecule has 1 aromatic rings. The lowest BCUT2D eigenvalue weighted by molar-refractivity contribution is -0.0676. The van der Waals surface area contributed by atoms with Crippen molar-refractivity contribution in [3.05, 3.63) is 29.3 Å². The molecule has 0 aromatic heterocycles. The van der Waals surface area contributed by atoms with Crippen LogP contribution in [0.15, 0.2) is 24.3 Å². The molecular formula is C14H20ClNO. The smallest absolute Gasteiger partial charge is 0.138 e. The summed E-state index contributed by atoms with van der Waals surface area (Å²) in [6.07, 6.45) is 2.41. The Morgan fingerprint density at radius 1 is 1.47 bits per heavy atom. The van der Waals surface area contributed by atoms with Gasteiger partial charge in [-0.15, -0.1) is 0 Å². The van der Waals surface area contributed by atoms with E-state index in [4.69, 9.17) is 16.3 Å². The number of rotatable bonds is 4. The van der Waals surface area contributed by atoms with Gasteiger partial charge >= 0.3 is 0 Å². The molecule has 0 heterocycles. The lowest BCUT2D eigenvalue weighted by Crippen LogP contribution is -2.62. The Morgan fingerprint density at radius 3 is 2.76 bits per heavy atom. The van der Waals surface area contributed by atoms with Crippen LogP contribution >= 0.6 is 11.6 Å². The highest BCUT2D eigenvalue weighted by Crippen LogP contribution is 2.46. The zero-order valence-corrected chi connectivity index (χ0v) is 11.4. The van der Waals surface area contributed by atoms with E-state index in [1.807, 2.05) is 31.3 Å². The van der Waals surface area contributed by atoms with E-state index < -0.39 is 0 Å². The highest BCUT2D eigenvalue weighted by atomic mass is 35.5. The summed E-state index contributed by atoms with van der Waals surface area (Å²) in [5, 5.41) is 4.05. The van der Waals surface area contributed by atoms with Gasteiger partial charge in [0.25, 0.3) is 0 Å². The fourth-order valence-electron chi connectivity index (χ4n) is 2.61. The van der Waals surface area contributed by atoms with Crippen molar-refractivity contribution in [2.75, 3.05) is 7.05 Å². The van der Waals surface area contributed by atoms with E-state index in [2.05, 4.69) is 19.2 Å². The Kier molecular flexibility index (Phi) is 3.64. The molecule has 0 saturated heterocycles. The summed E-state index contributed by atoms with van der Waals surface area (Å²) in [6, 6.07) is 8.23. The van der Waals surface area contributed by atoms with Crippen LogP contribution in [0, 0.1) is 5.41 Å². The largest absolute Gasteiger partial charge is 0.488 e. The first kappa shape index (κ1) is 12.7. The maximum Gasteiger partial charge on any atom is 0.138 e. The molecule has 0 radical (unpaired) electrons. The molecule has 1 saturated carbocycles. The minimum absolute atomic E-state index is 0.202. The molecule has 3 unspecified atom stereocenters. The van der Waals surface area contributed by atoms with E-state index >= 15 is 0 Å². The van der Waals surface area contributed by atoms with Crippen molar-refractivity contribution in [3.8, 4) is 5.75 Å². The van der Waals surface area contributed by atoms with Gasteiger partial charge in [-0.2, -0.15) is 0 Å². The van der Waals surface area contributed by atoms with E-state index in [1.165, 1.54) is 0 Å². The van der Waals surface area contributed by atoms with Crippen molar-refractivity contribution in [2.24, 2.45) is 5.41 Å². The van der Waals surface area contributed by atoms with Gasteiger partial charge in [0.15, 0.2) is 0 Å². The first-order valence-corrected chi connectivity index (χ1v) is 6.58. The molecule has 17 heavy (non-hydrogen) atoms. The Balaban J connectivity index is 2.09. The number of ether oxygens (including phenoxy) is 1. The van der Waals surface area contributed by atoms with Crippen molar-refractivity contribution in [1.82, 2.24) is 5.32 Å². The third kappa shape index (κ3) is 2.16. The third-order valence-electron chi connectivity index (χ3n) is 4.20. The normalized spacial score (nSPS) is 32.0. The Hall–Kier alpha value is -0.730. The number of para-hydroxylation sites is 1. The van der Waals surface area contributed by atoms with Crippen LogP contribution in [-0.2, 0) is 0 Å². The average Bonchev–Trinajstić information content (AvgIpc) is 2.34. The summed E-state index contributed by atoms with van der Waals surface area (Å²) in [5.41, 5.74) is 0.202. The molecule has 1 aromatic carbocycles. The van der Waals surface area contributed by atoms with Gasteiger partial charge < -0.3 is 10.1 Å². The molecule has 0 bridgehead atoms. The minimum Gasteiger partial charge on any atom is -0.488 e. The molecule has 3 atom stereocenters. The third-order valence-corrected chi connectivity index (χ3v) is 4.51. The van der Waals surface area contributed by atoms with Gasteiger partial charge in [-0.25, -0.2) is 0 Å². The molecule has 0 aliphatic heterocycles. The predicted molar refractivity (Wildman–Crippen MR) is 71.7 cm³/mol. The Bertz CT molecular complexity index is 396. The zero-order chi connectivity index (χ0) is 12.5. The van der Waals surface area contributed by atoms with Crippen LogP contribution in [-0.4, -0.2) is 19.2 Å². The van der Waals surface area contributed by atoms with Gasteiger partial charge in [-0.3, -0.25) is 0 Å². The highest BCUT2D eigenvalue weighted by molar-refractivity contribution is 6.32. The lowest BCUT2D eigenvalue weighted by atomic mass is 9.61. The monoisotopic (exact) mass is 253 g/mol. The van der Waals surface area contributed by atoms with Gasteiger partial charge in [-0.1, -0.05) is 37.6 Å². The summed E-state index contributed by atoms with van der Waals surface area (Å²) in [6.45, 7) is 4.49. The molecule has 3 heteroatoms. The quantitative estimate of drug-likeness (QED) is 0.887. The van der Waals surface area contributed by atoms with E-state index in [1.54, 1.807) is 0 Å². The highest BCUT2D eigenvalue weighted by Gasteiger charge is 2.51. The van der Waals surface area contributed by atoms with Gasteiger partial charge in [0.05, 0.1) is 5.02 Å². The van der Waals surface area contributed by atoms with E-state index in [9.17, 15) is 0 Å². The summed E-state index contributed by atoms with van der Waals surface area (Å²) in [7, 11) is 2.02. The lowest BCUT2D eigenvalue weighted by Gasteiger charge is -2.53. The maximum absolute atomic E-state index is 6.12. The fourth-order valence-corrected chi connectivity index (χ4v) is 2.79. The van der Waals surface area contributed by atoms with Crippen molar-refractivity contribution in [2.45, 2.75) is 38.8 Å². The summed E-state index contributed by atoms with van der Waals surface area (Å²) >= 11 is 6.12. The molecule has 1 aliphatic rings. The minimum atomic E-state index is 0.202. The van der Waals surface area contributed by atoms with Gasteiger partial charge in [-0.05, 0) is 25.6 Å². The summed E-state index contributed by atoms with van der Waals surface area (Å²) in [4.78, 5) is 0. The molecule has 2 nitrogen and oxygen atoms in total. The van der Waals surface area contributed by atoms with E-state index in [0.29, 0.717) is 11.1 Å². The topological polar surface area (TPSA) is 21.3 Å². The van der Waals surface area contributed by atoms with Gasteiger partial charge in [0.2, 0.25) is 0 Å². The molecule has 1 N–H and O–H groups in total. The maximum atomic E-state index is 6.12. The zero-order valence-electron chi connectivity index (χ0n) is 10.7. The van der Waals surface area contributed by atoms with Crippen LogP contribution in [0.1, 0.15) is 26.7 Å². The molecule has 0 spiro atoms. The van der Waals surface area contributed by atoms with Crippen LogP contribution in [0.5, 0.6) is 5.75 Å². The van der Waals surface area contributed by atoms with Gasteiger partial charge in [0.1, 0.15) is 11.9 Å². The van der Waals surface area contributed by atoms with Gasteiger partial charge in [0, 0.05) is 17.9 Å². The number of nitrogens with one attached hydrogen (secondary N) is 1. The first-order valence-electron chi connectivity index (χ1n) is 6.20. The predicted octanol–water partition coefficient (Wildman–Crippen LogP) is 3.50. The van der Waals surface area contributed by atoms with Crippen LogP contribution in [0.25, 0.3) is 0 Å². The van der Waals surface area contributed by atoms with Crippen molar-refractivity contribution in [3.63, 3.8) is 0 Å².